The lowest BCUT2D eigenvalue weighted by molar-refractivity contribution is -0.0651. The molecule has 10 heteroatoms. The number of hydrogen-bond donors (Lipinski definition) is 3. The molecule has 6 rings (SSSR count). The number of ether oxygens (including phenoxy) is 1. The topological polar surface area (TPSA) is 102 Å². The van der Waals surface area contributed by atoms with Crippen molar-refractivity contribution in [3.05, 3.63) is 58.8 Å². The Labute approximate surface area is 272 Å². The summed E-state index contributed by atoms with van der Waals surface area (Å²) in [5.41, 5.74) is 4.33. The van der Waals surface area contributed by atoms with Crippen molar-refractivity contribution in [1.29, 1.82) is 0 Å². The van der Waals surface area contributed by atoms with Gasteiger partial charge in [0.2, 0.25) is 0 Å². The molecule has 3 heterocycles. The second-order valence-electron chi connectivity index (χ2n) is 14.4. The number of aromatic nitrogens is 1. The van der Waals surface area contributed by atoms with Gasteiger partial charge in [0.15, 0.2) is 5.75 Å². The van der Waals surface area contributed by atoms with E-state index in [0.29, 0.717) is 22.7 Å². The quantitative estimate of drug-likeness (QED) is 0.327. The molecule has 3 N–H and O–H groups in total. The van der Waals surface area contributed by atoms with Gasteiger partial charge >= 0.3 is 0 Å². The molecular formula is C36H50N6O4. The fourth-order valence-electron chi connectivity index (χ4n) is 7.05. The summed E-state index contributed by atoms with van der Waals surface area (Å²) >= 11 is 0. The number of carbonyl (C=O) groups is 2. The average Bonchev–Trinajstić information content (AvgIpc) is 3.62. The molecule has 2 saturated heterocycles. The lowest BCUT2D eigenvalue weighted by Crippen LogP contribution is -2.55. The van der Waals surface area contributed by atoms with Gasteiger partial charge in [-0.15, -0.1) is 0 Å². The van der Waals surface area contributed by atoms with Gasteiger partial charge in [-0.25, -0.2) is 0 Å². The van der Waals surface area contributed by atoms with E-state index >= 15 is 0 Å². The molecule has 2 amide bonds. The molecule has 0 bridgehead atoms. The van der Waals surface area contributed by atoms with E-state index in [2.05, 4.69) is 65.3 Å². The molecule has 2 aromatic carbocycles. The molecule has 3 fully saturated rings. The van der Waals surface area contributed by atoms with Gasteiger partial charge in [-0.3, -0.25) is 24.3 Å². The van der Waals surface area contributed by atoms with E-state index in [9.17, 15) is 14.7 Å². The summed E-state index contributed by atoms with van der Waals surface area (Å²) in [5, 5.41) is 18.2. The van der Waals surface area contributed by atoms with Crippen LogP contribution in [0.3, 0.4) is 0 Å². The monoisotopic (exact) mass is 630 g/mol. The SMILES string of the molecule is COc1c(NC(=O)c2cc3cccc(CN4CCN(C(O)C5CCCN5C)CC4)c3n2C)cc(C(C)(C)C)cc1C(=O)NC1CC1. The van der Waals surface area contributed by atoms with Crippen LogP contribution in [-0.2, 0) is 19.0 Å². The Morgan fingerprint density at radius 1 is 1.00 bits per heavy atom. The number of methoxy groups -OCH3 is 1. The molecule has 1 aromatic heterocycles. The van der Waals surface area contributed by atoms with E-state index in [1.807, 2.05) is 35.9 Å². The lowest BCUT2D eigenvalue weighted by Gasteiger charge is -2.40. The molecule has 2 aliphatic heterocycles. The summed E-state index contributed by atoms with van der Waals surface area (Å²) in [4.78, 5) is 34.1. The maximum Gasteiger partial charge on any atom is 0.272 e. The Kier molecular flexibility index (Phi) is 9.17. The number of likely N-dealkylation sites (tertiary alicyclic amines) is 1. The minimum absolute atomic E-state index is 0.184. The zero-order valence-corrected chi connectivity index (χ0v) is 28.2. The number of hydrogen-bond acceptors (Lipinski definition) is 7. The summed E-state index contributed by atoms with van der Waals surface area (Å²) in [5.74, 6) is -0.0822. The molecule has 248 valence electrons. The number of anilines is 1. The van der Waals surface area contributed by atoms with Gasteiger partial charge < -0.3 is 25.0 Å². The molecule has 46 heavy (non-hydrogen) atoms. The maximum atomic E-state index is 13.9. The van der Waals surface area contributed by atoms with Crippen molar-refractivity contribution in [2.75, 3.05) is 52.2 Å². The van der Waals surface area contributed by atoms with Crippen LogP contribution in [0.25, 0.3) is 10.9 Å². The van der Waals surface area contributed by atoms with Gasteiger partial charge in [-0.1, -0.05) is 39.0 Å². The third-order valence-electron chi connectivity index (χ3n) is 10.0. The van der Waals surface area contributed by atoms with Crippen LogP contribution in [0.4, 0.5) is 5.69 Å². The highest BCUT2D eigenvalue weighted by atomic mass is 16.5. The number of carbonyl (C=O) groups excluding carboxylic acids is 2. The van der Waals surface area contributed by atoms with Crippen molar-refractivity contribution < 1.29 is 19.4 Å². The van der Waals surface area contributed by atoms with Gasteiger partial charge in [0.25, 0.3) is 11.8 Å². The molecule has 2 atom stereocenters. The highest BCUT2D eigenvalue weighted by Gasteiger charge is 2.34. The van der Waals surface area contributed by atoms with Crippen LogP contribution in [0.15, 0.2) is 36.4 Å². The number of piperazine rings is 1. The second-order valence-corrected chi connectivity index (χ2v) is 14.4. The predicted octanol–water partition coefficient (Wildman–Crippen LogP) is 4.16. The minimum atomic E-state index is -0.418. The molecule has 0 radical (unpaired) electrons. The Bertz CT molecular complexity index is 1600. The summed E-state index contributed by atoms with van der Waals surface area (Å²) in [6, 6.07) is 12.4. The van der Waals surface area contributed by atoms with E-state index in [-0.39, 0.29) is 29.3 Å². The van der Waals surface area contributed by atoms with Crippen LogP contribution in [0, 0.1) is 0 Å². The summed E-state index contributed by atoms with van der Waals surface area (Å²) < 4.78 is 7.71. The largest absolute Gasteiger partial charge is 0.494 e. The van der Waals surface area contributed by atoms with Gasteiger partial charge in [-0.2, -0.15) is 0 Å². The van der Waals surface area contributed by atoms with Gasteiger partial charge in [0.1, 0.15) is 11.9 Å². The Morgan fingerprint density at radius 2 is 1.74 bits per heavy atom. The summed E-state index contributed by atoms with van der Waals surface area (Å²) in [6.07, 6.45) is 3.75. The molecular weight excluding hydrogens is 580 g/mol. The van der Waals surface area contributed by atoms with E-state index < -0.39 is 6.23 Å². The van der Waals surface area contributed by atoms with Crippen LogP contribution < -0.4 is 15.4 Å². The normalized spacial score (nSPS) is 20.6. The van der Waals surface area contributed by atoms with E-state index in [1.54, 1.807) is 0 Å². The second kappa shape index (κ2) is 13.0. The first kappa shape index (κ1) is 32.5. The van der Waals surface area contributed by atoms with E-state index in [4.69, 9.17) is 4.74 Å². The highest BCUT2D eigenvalue weighted by Crippen LogP contribution is 2.37. The Morgan fingerprint density at radius 3 is 2.37 bits per heavy atom. The van der Waals surface area contributed by atoms with Crippen molar-refractivity contribution in [3.8, 4) is 5.75 Å². The van der Waals surface area contributed by atoms with Crippen molar-refractivity contribution in [1.82, 2.24) is 24.6 Å². The first-order valence-electron chi connectivity index (χ1n) is 16.7. The molecule has 0 spiro atoms. The van der Waals surface area contributed by atoms with Crippen molar-refractivity contribution >= 4 is 28.4 Å². The van der Waals surface area contributed by atoms with Crippen molar-refractivity contribution in [3.63, 3.8) is 0 Å². The first-order chi connectivity index (χ1) is 21.9. The third kappa shape index (κ3) is 6.67. The minimum Gasteiger partial charge on any atom is -0.494 e. The van der Waals surface area contributed by atoms with Crippen molar-refractivity contribution in [2.45, 2.75) is 76.7 Å². The number of para-hydroxylation sites is 1. The van der Waals surface area contributed by atoms with Crippen LogP contribution in [0.2, 0.25) is 0 Å². The van der Waals surface area contributed by atoms with Crippen molar-refractivity contribution in [2.24, 2.45) is 7.05 Å². The molecule has 1 aliphatic carbocycles. The number of nitrogens with zero attached hydrogens (tertiary/aromatic N) is 4. The molecule has 10 nitrogen and oxygen atoms in total. The van der Waals surface area contributed by atoms with Gasteiger partial charge in [-0.05, 0) is 74.0 Å². The number of aliphatic hydroxyl groups is 1. The molecule has 3 aliphatic rings. The number of fused-ring (bicyclic) bond motifs is 1. The maximum absolute atomic E-state index is 13.9. The van der Waals surface area contributed by atoms with Crippen LogP contribution >= 0.6 is 0 Å². The number of amides is 2. The number of benzene rings is 2. The number of nitrogens with one attached hydrogen (secondary N) is 2. The Hall–Kier alpha value is -3.44. The van der Waals surface area contributed by atoms with Crippen LogP contribution in [0.1, 0.15) is 78.4 Å². The van der Waals surface area contributed by atoms with Crippen LogP contribution in [0.5, 0.6) is 5.75 Å². The fourth-order valence-corrected chi connectivity index (χ4v) is 7.05. The predicted molar refractivity (Wildman–Crippen MR) is 182 cm³/mol. The Balaban J connectivity index is 1.21. The molecule has 2 unspecified atom stereocenters. The number of aryl methyl sites for hydroxylation is 1. The number of aliphatic hydroxyl groups excluding tert-OH is 1. The van der Waals surface area contributed by atoms with Crippen LogP contribution in [-0.4, -0.2) is 101 Å². The lowest BCUT2D eigenvalue weighted by atomic mass is 9.85. The number of rotatable bonds is 9. The van der Waals surface area contributed by atoms with Gasteiger partial charge in [0, 0.05) is 57.2 Å². The average molecular weight is 631 g/mol. The first-order valence-corrected chi connectivity index (χ1v) is 16.7. The molecule has 1 saturated carbocycles. The zero-order chi connectivity index (χ0) is 32.7. The van der Waals surface area contributed by atoms with E-state index in [0.717, 1.165) is 87.0 Å². The molecule has 3 aromatic rings. The summed E-state index contributed by atoms with van der Waals surface area (Å²) in [7, 11) is 5.58. The number of likely N-dealkylation sites (N-methyl/N-ethyl adjacent to an activating group) is 1. The summed E-state index contributed by atoms with van der Waals surface area (Å²) in [6.45, 7) is 11.5. The third-order valence-corrected chi connectivity index (χ3v) is 10.0. The smallest absolute Gasteiger partial charge is 0.272 e. The fraction of sp³-hybridized carbons (Fsp3) is 0.556. The highest BCUT2D eigenvalue weighted by molar-refractivity contribution is 6.09. The van der Waals surface area contributed by atoms with E-state index in [1.165, 1.54) is 7.11 Å². The zero-order valence-electron chi connectivity index (χ0n) is 28.2. The standard InChI is InChI=1S/C36H50N6O4/c1-36(2,3)25-20-27(33(43)37-26-12-13-26)32(46-6)28(21-25)38-34(44)30-19-23-9-7-10-24(31(23)40(30)5)22-41-15-17-42(18-16-41)35(45)29-11-8-14-39(29)4/h7,9-10,19-21,26,29,35,45H,8,11-18,22H2,1-6H3,(H,37,43)(H,38,44). The van der Waals surface area contributed by atoms with Gasteiger partial charge in [0.05, 0.1) is 23.9 Å².